The maximum absolute atomic E-state index is 12.3. The van der Waals surface area contributed by atoms with E-state index in [-0.39, 0.29) is 12.5 Å². The fourth-order valence-corrected chi connectivity index (χ4v) is 2.30. The van der Waals surface area contributed by atoms with Gasteiger partial charge in [-0.3, -0.25) is 4.79 Å². The lowest BCUT2D eigenvalue weighted by atomic mass is 9.77. The molecule has 0 radical (unpaired) electrons. The van der Waals surface area contributed by atoms with Gasteiger partial charge < -0.3 is 20.9 Å². The van der Waals surface area contributed by atoms with E-state index >= 15 is 0 Å². The van der Waals surface area contributed by atoms with Crippen molar-refractivity contribution in [2.24, 2.45) is 0 Å². The number of carbonyl (C=O) groups excluding carboxylic acids is 1. The molecule has 19 heavy (non-hydrogen) atoms. The third kappa shape index (κ3) is 2.66. The molecule has 0 aromatic heterocycles. The van der Waals surface area contributed by atoms with Crippen molar-refractivity contribution in [2.45, 2.75) is 31.7 Å². The highest BCUT2D eigenvalue weighted by Crippen LogP contribution is 2.33. The highest BCUT2D eigenvalue weighted by atomic mass is 16.5. The lowest BCUT2D eigenvalue weighted by Gasteiger charge is -2.41. The van der Waals surface area contributed by atoms with Crippen LogP contribution in [0.5, 0.6) is 5.75 Å². The van der Waals surface area contributed by atoms with E-state index in [0.29, 0.717) is 23.6 Å². The van der Waals surface area contributed by atoms with Gasteiger partial charge >= 0.3 is 0 Å². The average molecular weight is 264 g/mol. The van der Waals surface area contributed by atoms with Crippen LogP contribution in [0.2, 0.25) is 0 Å². The zero-order valence-corrected chi connectivity index (χ0v) is 11.1. The summed E-state index contributed by atoms with van der Waals surface area (Å²) in [5.41, 5.74) is 6.12. The first-order valence-corrected chi connectivity index (χ1v) is 6.56. The Morgan fingerprint density at radius 3 is 2.79 bits per heavy atom. The number of carbonyl (C=O) groups is 1. The van der Waals surface area contributed by atoms with Crippen LogP contribution in [-0.2, 0) is 0 Å². The number of nitrogens with two attached hydrogens (primary N) is 1. The smallest absolute Gasteiger partial charge is 0.257 e. The zero-order valence-electron chi connectivity index (χ0n) is 11.1. The van der Waals surface area contributed by atoms with Crippen molar-refractivity contribution in [3.63, 3.8) is 0 Å². The largest absolute Gasteiger partial charge is 0.493 e. The number of aliphatic hydroxyl groups is 1. The fourth-order valence-electron chi connectivity index (χ4n) is 2.30. The zero-order chi connectivity index (χ0) is 13.9. The first kappa shape index (κ1) is 13.7. The van der Waals surface area contributed by atoms with E-state index in [2.05, 4.69) is 5.32 Å². The van der Waals surface area contributed by atoms with Crippen molar-refractivity contribution in [1.82, 2.24) is 5.32 Å². The molecule has 0 bridgehead atoms. The molecule has 0 heterocycles. The van der Waals surface area contributed by atoms with E-state index in [1.807, 2.05) is 6.92 Å². The predicted molar refractivity (Wildman–Crippen MR) is 73.2 cm³/mol. The van der Waals surface area contributed by atoms with Gasteiger partial charge in [0.05, 0.1) is 18.8 Å². The number of amides is 1. The minimum absolute atomic E-state index is 0.0462. The van der Waals surface area contributed by atoms with E-state index in [1.54, 1.807) is 18.2 Å². The highest BCUT2D eigenvalue weighted by molar-refractivity contribution is 6.02. The summed E-state index contributed by atoms with van der Waals surface area (Å²) >= 11 is 0. The van der Waals surface area contributed by atoms with Gasteiger partial charge in [-0.05, 0) is 38.3 Å². The third-order valence-electron chi connectivity index (χ3n) is 3.58. The Bertz CT molecular complexity index is 464. The molecule has 0 atom stereocenters. The minimum atomic E-state index is -0.483. The van der Waals surface area contributed by atoms with Gasteiger partial charge in [0.15, 0.2) is 0 Å². The van der Waals surface area contributed by atoms with Crippen LogP contribution in [0.25, 0.3) is 0 Å². The summed E-state index contributed by atoms with van der Waals surface area (Å²) < 4.78 is 5.44. The molecule has 1 aliphatic carbocycles. The molecule has 5 nitrogen and oxygen atoms in total. The molecule has 4 N–H and O–H groups in total. The second-order valence-electron chi connectivity index (χ2n) is 4.90. The van der Waals surface area contributed by atoms with Gasteiger partial charge in [-0.2, -0.15) is 0 Å². The number of anilines is 1. The SMILES string of the molecule is CCOc1cccc(N)c1C(=O)NC1(CO)CCC1. The molecular weight excluding hydrogens is 244 g/mol. The molecule has 1 aromatic carbocycles. The van der Waals surface area contributed by atoms with Gasteiger partial charge in [0.2, 0.25) is 0 Å². The summed E-state index contributed by atoms with van der Waals surface area (Å²) in [6.07, 6.45) is 2.61. The van der Waals surface area contributed by atoms with E-state index < -0.39 is 5.54 Å². The van der Waals surface area contributed by atoms with Crippen LogP contribution >= 0.6 is 0 Å². The Morgan fingerprint density at radius 2 is 2.26 bits per heavy atom. The molecule has 1 aliphatic rings. The number of ether oxygens (including phenoxy) is 1. The van der Waals surface area contributed by atoms with Crippen LogP contribution in [0.1, 0.15) is 36.5 Å². The maximum atomic E-state index is 12.3. The van der Waals surface area contributed by atoms with Crippen LogP contribution in [0.15, 0.2) is 18.2 Å². The normalized spacial score (nSPS) is 16.5. The molecule has 2 rings (SSSR count). The lowest BCUT2D eigenvalue weighted by molar-refractivity contribution is 0.0639. The molecule has 1 saturated carbocycles. The summed E-state index contributed by atoms with van der Waals surface area (Å²) in [5, 5.41) is 12.3. The number of hydrogen-bond acceptors (Lipinski definition) is 4. The van der Waals surface area contributed by atoms with Gasteiger partial charge in [0, 0.05) is 5.69 Å². The molecule has 5 heteroatoms. The number of rotatable bonds is 5. The Morgan fingerprint density at radius 1 is 1.53 bits per heavy atom. The van der Waals surface area contributed by atoms with Crippen molar-refractivity contribution in [2.75, 3.05) is 18.9 Å². The summed E-state index contributed by atoms with van der Waals surface area (Å²) in [6.45, 7) is 2.27. The van der Waals surface area contributed by atoms with Crippen LogP contribution in [0.3, 0.4) is 0 Å². The third-order valence-corrected chi connectivity index (χ3v) is 3.58. The highest BCUT2D eigenvalue weighted by Gasteiger charge is 2.38. The summed E-state index contributed by atoms with van der Waals surface area (Å²) in [5.74, 6) is 0.197. The number of nitrogen functional groups attached to an aromatic ring is 1. The van der Waals surface area contributed by atoms with Crippen molar-refractivity contribution in [1.29, 1.82) is 0 Å². The van der Waals surface area contributed by atoms with Crippen LogP contribution in [-0.4, -0.2) is 29.8 Å². The molecule has 0 saturated heterocycles. The molecule has 0 unspecified atom stereocenters. The predicted octanol–water partition coefficient (Wildman–Crippen LogP) is 1.31. The Hall–Kier alpha value is -1.75. The summed E-state index contributed by atoms with van der Waals surface area (Å²) in [7, 11) is 0. The van der Waals surface area contributed by atoms with Gasteiger partial charge in [-0.25, -0.2) is 0 Å². The number of nitrogens with one attached hydrogen (secondary N) is 1. The Kier molecular flexibility index (Phi) is 3.95. The van der Waals surface area contributed by atoms with Gasteiger partial charge in [0.1, 0.15) is 11.3 Å². The molecule has 1 fully saturated rings. The van der Waals surface area contributed by atoms with E-state index in [1.165, 1.54) is 0 Å². The van der Waals surface area contributed by atoms with Crippen molar-refractivity contribution in [3.8, 4) is 5.75 Å². The van der Waals surface area contributed by atoms with Crippen LogP contribution in [0, 0.1) is 0 Å². The second kappa shape index (κ2) is 5.48. The number of hydrogen-bond donors (Lipinski definition) is 3. The van der Waals surface area contributed by atoms with E-state index in [4.69, 9.17) is 10.5 Å². The first-order chi connectivity index (χ1) is 9.12. The van der Waals surface area contributed by atoms with Crippen molar-refractivity contribution < 1.29 is 14.6 Å². The summed E-state index contributed by atoms with van der Waals surface area (Å²) in [6, 6.07) is 5.15. The average Bonchev–Trinajstić information content (AvgIpc) is 2.34. The number of aliphatic hydroxyl groups excluding tert-OH is 1. The van der Waals surface area contributed by atoms with Gasteiger partial charge in [0.25, 0.3) is 5.91 Å². The van der Waals surface area contributed by atoms with Gasteiger partial charge in [-0.1, -0.05) is 6.07 Å². The first-order valence-electron chi connectivity index (χ1n) is 6.56. The molecule has 1 amide bonds. The molecule has 1 aromatic rings. The van der Waals surface area contributed by atoms with Crippen LogP contribution < -0.4 is 15.8 Å². The van der Waals surface area contributed by atoms with E-state index in [9.17, 15) is 9.90 Å². The van der Waals surface area contributed by atoms with Crippen LogP contribution in [0.4, 0.5) is 5.69 Å². The summed E-state index contributed by atoms with van der Waals surface area (Å²) in [4.78, 5) is 12.3. The topological polar surface area (TPSA) is 84.6 Å². The molecular formula is C14H20N2O3. The molecule has 0 aliphatic heterocycles. The number of benzene rings is 1. The standard InChI is InChI=1S/C14H20N2O3/c1-2-19-11-6-3-5-10(15)12(11)13(18)16-14(9-17)7-4-8-14/h3,5-6,17H,2,4,7-9,15H2,1H3,(H,16,18). The quantitative estimate of drug-likeness (QED) is 0.700. The second-order valence-corrected chi connectivity index (χ2v) is 4.90. The Labute approximate surface area is 112 Å². The maximum Gasteiger partial charge on any atom is 0.257 e. The van der Waals surface area contributed by atoms with Crippen molar-refractivity contribution >= 4 is 11.6 Å². The molecule has 0 spiro atoms. The molecule has 104 valence electrons. The minimum Gasteiger partial charge on any atom is -0.493 e. The lowest BCUT2D eigenvalue weighted by Crippen LogP contribution is -2.56. The Balaban J connectivity index is 2.23. The van der Waals surface area contributed by atoms with Gasteiger partial charge in [-0.15, -0.1) is 0 Å². The fraction of sp³-hybridized carbons (Fsp3) is 0.500. The van der Waals surface area contributed by atoms with Crippen molar-refractivity contribution in [3.05, 3.63) is 23.8 Å². The van der Waals surface area contributed by atoms with E-state index in [0.717, 1.165) is 19.3 Å². The monoisotopic (exact) mass is 264 g/mol.